The summed E-state index contributed by atoms with van der Waals surface area (Å²) in [6.45, 7) is 3.59. The van der Waals surface area contributed by atoms with Gasteiger partial charge >= 0.3 is 0 Å². The Morgan fingerprint density at radius 2 is 2.25 bits per heavy atom. The summed E-state index contributed by atoms with van der Waals surface area (Å²) in [6, 6.07) is 0.924. The molecule has 2 heteroatoms. The lowest BCUT2D eigenvalue weighted by Crippen LogP contribution is -2.45. The molecule has 12 heavy (non-hydrogen) atoms. The molecule has 0 unspecified atom stereocenters. The Kier molecular flexibility index (Phi) is 1.66. The van der Waals surface area contributed by atoms with Gasteiger partial charge in [0.05, 0.1) is 6.10 Å². The zero-order chi connectivity index (χ0) is 7.97. The number of hydrogen-bond donors (Lipinski definition) is 0. The van der Waals surface area contributed by atoms with Crippen molar-refractivity contribution in [3.8, 4) is 0 Å². The molecular formula is C10H17NO. The van der Waals surface area contributed by atoms with E-state index in [0.29, 0.717) is 6.10 Å². The molecule has 3 heterocycles. The highest BCUT2D eigenvalue weighted by molar-refractivity contribution is 4.93. The predicted octanol–water partition coefficient (Wildman–Crippen LogP) is 1.26. The third kappa shape index (κ3) is 1.01. The molecule has 3 aliphatic rings. The third-order valence-electron chi connectivity index (χ3n) is 3.83. The van der Waals surface area contributed by atoms with Crippen LogP contribution >= 0.6 is 0 Å². The van der Waals surface area contributed by atoms with Gasteiger partial charge in [0, 0.05) is 19.2 Å². The highest BCUT2D eigenvalue weighted by Gasteiger charge is 2.40. The van der Waals surface area contributed by atoms with Crippen molar-refractivity contribution in [1.29, 1.82) is 0 Å². The van der Waals surface area contributed by atoms with E-state index in [4.69, 9.17) is 4.74 Å². The fourth-order valence-corrected chi connectivity index (χ4v) is 3.15. The Hall–Kier alpha value is -0.0800. The normalized spacial score (nSPS) is 47.5. The van der Waals surface area contributed by atoms with Crippen LogP contribution in [0.25, 0.3) is 0 Å². The van der Waals surface area contributed by atoms with Crippen LogP contribution in [0.15, 0.2) is 0 Å². The van der Waals surface area contributed by atoms with E-state index in [1.54, 1.807) is 0 Å². The number of nitrogens with zero attached hydrogens (tertiary/aromatic N) is 1. The molecule has 0 saturated carbocycles. The molecule has 3 atom stereocenters. The predicted molar refractivity (Wildman–Crippen MR) is 47.1 cm³/mol. The van der Waals surface area contributed by atoms with Crippen LogP contribution in [0.5, 0.6) is 0 Å². The molecule has 0 spiro atoms. The van der Waals surface area contributed by atoms with E-state index in [1.165, 1.54) is 38.8 Å². The summed E-state index contributed by atoms with van der Waals surface area (Å²) in [4.78, 5) is 2.65. The summed E-state index contributed by atoms with van der Waals surface area (Å²) in [6.07, 6.45) is 6.21. The third-order valence-corrected chi connectivity index (χ3v) is 3.83. The van der Waals surface area contributed by atoms with Crippen LogP contribution in [0.1, 0.15) is 25.7 Å². The second-order valence-corrected chi connectivity index (χ2v) is 4.48. The van der Waals surface area contributed by atoms with Gasteiger partial charge in [0.2, 0.25) is 0 Å². The number of ether oxygens (including phenoxy) is 1. The molecule has 0 N–H and O–H groups in total. The van der Waals surface area contributed by atoms with Crippen LogP contribution in [0.3, 0.4) is 0 Å². The van der Waals surface area contributed by atoms with Gasteiger partial charge in [0.25, 0.3) is 0 Å². The van der Waals surface area contributed by atoms with Crippen LogP contribution in [0.2, 0.25) is 0 Å². The lowest BCUT2D eigenvalue weighted by atomic mass is 9.88. The van der Waals surface area contributed by atoms with E-state index in [0.717, 1.165) is 18.6 Å². The summed E-state index contributed by atoms with van der Waals surface area (Å²) >= 11 is 0. The van der Waals surface area contributed by atoms with Gasteiger partial charge in [-0.1, -0.05) is 0 Å². The van der Waals surface area contributed by atoms with Gasteiger partial charge in [-0.3, -0.25) is 4.90 Å². The highest BCUT2D eigenvalue weighted by Crippen LogP contribution is 2.36. The van der Waals surface area contributed by atoms with Gasteiger partial charge in [-0.2, -0.15) is 0 Å². The fraction of sp³-hybridized carbons (Fsp3) is 1.00. The molecule has 0 radical (unpaired) electrons. The molecule has 3 saturated heterocycles. The Bertz CT molecular complexity index is 147. The highest BCUT2D eigenvalue weighted by atomic mass is 16.5. The Morgan fingerprint density at radius 3 is 3.25 bits per heavy atom. The maximum absolute atomic E-state index is 5.72. The van der Waals surface area contributed by atoms with Crippen LogP contribution in [-0.4, -0.2) is 36.7 Å². The van der Waals surface area contributed by atoms with Crippen molar-refractivity contribution in [2.45, 2.75) is 37.8 Å². The SMILES string of the molecule is C1C[C@H]2C[C@@H]3CCO[C@@H]3CN2C1. The van der Waals surface area contributed by atoms with Gasteiger partial charge < -0.3 is 4.74 Å². The van der Waals surface area contributed by atoms with E-state index in [2.05, 4.69) is 4.90 Å². The van der Waals surface area contributed by atoms with Crippen molar-refractivity contribution in [3.05, 3.63) is 0 Å². The topological polar surface area (TPSA) is 12.5 Å². The molecule has 0 aliphatic carbocycles. The van der Waals surface area contributed by atoms with Crippen molar-refractivity contribution in [2.75, 3.05) is 19.7 Å². The van der Waals surface area contributed by atoms with E-state index < -0.39 is 0 Å². The maximum atomic E-state index is 5.72. The Morgan fingerprint density at radius 1 is 1.25 bits per heavy atom. The number of piperidine rings is 1. The molecule has 68 valence electrons. The van der Waals surface area contributed by atoms with Gasteiger partial charge in [-0.05, 0) is 38.1 Å². The standard InChI is InChI=1S/C10H17NO/c1-2-9-6-8-3-5-12-10(8)7-11(9)4-1/h8-10H,1-7H2/t8-,9-,10+/m0/s1. The Balaban J connectivity index is 1.75. The lowest BCUT2D eigenvalue weighted by Gasteiger charge is -2.36. The molecule has 0 bridgehead atoms. The first-order valence-electron chi connectivity index (χ1n) is 5.29. The maximum Gasteiger partial charge on any atom is 0.0731 e. The smallest absolute Gasteiger partial charge is 0.0731 e. The van der Waals surface area contributed by atoms with Crippen LogP contribution in [-0.2, 0) is 4.74 Å². The molecule has 3 aliphatic heterocycles. The lowest BCUT2D eigenvalue weighted by molar-refractivity contribution is 0.0149. The molecular weight excluding hydrogens is 150 g/mol. The zero-order valence-corrected chi connectivity index (χ0v) is 7.54. The van der Waals surface area contributed by atoms with Crippen molar-refractivity contribution >= 4 is 0 Å². The first-order chi connectivity index (χ1) is 5.93. The first kappa shape index (κ1) is 7.34. The number of hydrogen-bond acceptors (Lipinski definition) is 2. The Labute approximate surface area is 73.9 Å². The molecule has 0 aromatic heterocycles. The summed E-state index contributed by atoms with van der Waals surface area (Å²) in [7, 11) is 0. The van der Waals surface area contributed by atoms with Crippen molar-refractivity contribution < 1.29 is 4.74 Å². The van der Waals surface area contributed by atoms with Gasteiger partial charge in [0.15, 0.2) is 0 Å². The minimum atomic E-state index is 0.597. The molecule has 3 fully saturated rings. The van der Waals surface area contributed by atoms with Crippen molar-refractivity contribution in [2.24, 2.45) is 5.92 Å². The summed E-state index contributed by atoms with van der Waals surface area (Å²) in [5, 5.41) is 0. The number of rotatable bonds is 0. The minimum absolute atomic E-state index is 0.597. The second kappa shape index (κ2) is 2.71. The average Bonchev–Trinajstić information content (AvgIpc) is 2.64. The zero-order valence-electron chi connectivity index (χ0n) is 7.54. The first-order valence-corrected chi connectivity index (χ1v) is 5.29. The molecule has 2 nitrogen and oxygen atoms in total. The largest absolute Gasteiger partial charge is 0.377 e. The number of fused-ring (bicyclic) bond motifs is 2. The average molecular weight is 167 g/mol. The van der Waals surface area contributed by atoms with Gasteiger partial charge in [0.1, 0.15) is 0 Å². The second-order valence-electron chi connectivity index (χ2n) is 4.48. The van der Waals surface area contributed by atoms with Crippen molar-refractivity contribution in [1.82, 2.24) is 4.90 Å². The fourth-order valence-electron chi connectivity index (χ4n) is 3.15. The van der Waals surface area contributed by atoms with E-state index in [-0.39, 0.29) is 0 Å². The summed E-state index contributed by atoms with van der Waals surface area (Å²) in [5.74, 6) is 0.907. The molecule has 0 amide bonds. The van der Waals surface area contributed by atoms with E-state index in [1.807, 2.05) is 0 Å². The quantitative estimate of drug-likeness (QED) is 0.538. The molecule has 3 rings (SSSR count). The van der Waals surface area contributed by atoms with Gasteiger partial charge in [-0.15, -0.1) is 0 Å². The van der Waals surface area contributed by atoms with E-state index in [9.17, 15) is 0 Å². The summed E-state index contributed by atoms with van der Waals surface area (Å²) < 4.78 is 5.72. The van der Waals surface area contributed by atoms with E-state index >= 15 is 0 Å². The van der Waals surface area contributed by atoms with Crippen LogP contribution < -0.4 is 0 Å². The summed E-state index contributed by atoms with van der Waals surface area (Å²) in [5.41, 5.74) is 0. The molecule has 0 aromatic carbocycles. The van der Waals surface area contributed by atoms with Crippen molar-refractivity contribution in [3.63, 3.8) is 0 Å². The van der Waals surface area contributed by atoms with Crippen LogP contribution in [0, 0.1) is 5.92 Å². The molecule has 0 aromatic rings. The monoisotopic (exact) mass is 167 g/mol. The minimum Gasteiger partial charge on any atom is -0.377 e. The van der Waals surface area contributed by atoms with Crippen LogP contribution in [0.4, 0.5) is 0 Å². The van der Waals surface area contributed by atoms with Gasteiger partial charge in [-0.25, -0.2) is 0 Å².